The maximum absolute atomic E-state index is 9.19. The monoisotopic (exact) mass is 242 g/mol. The summed E-state index contributed by atoms with van der Waals surface area (Å²) >= 11 is 0. The van der Waals surface area contributed by atoms with Crippen molar-refractivity contribution >= 4 is 0 Å². The molecule has 1 aliphatic rings. The minimum absolute atomic E-state index is 0.248. The van der Waals surface area contributed by atoms with Crippen molar-refractivity contribution in [2.75, 3.05) is 26.7 Å². The Labute approximate surface area is 107 Å². The molecule has 0 aliphatic heterocycles. The largest absolute Gasteiger partial charge is 0.395 e. The molecule has 102 valence electrons. The lowest BCUT2D eigenvalue weighted by Crippen LogP contribution is -2.46. The third-order valence-corrected chi connectivity index (χ3v) is 4.44. The van der Waals surface area contributed by atoms with Crippen molar-refractivity contribution in [1.82, 2.24) is 10.2 Å². The highest BCUT2D eigenvalue weighted by Gasteiger charge is 2.41. The van der Waals surface area contributed by atoms with Gasteiger partial charge in [0.2, 0.25) is 0 Å². The number of hydrogen-bond donors (Lipinski definition) is 2. The highest BCUT2D eigenvalue weighted by molar-refractivity contribution is 4.97. The second-order valence-electron chi connectivity index (χ2n) is 6.29. The minimum atomic E-state index is 0.248. The van der Waals surface area contributed by atoms with Gasteiger partial charge in [0.15, 0.2) is 0 Å². The molecule has 1 fully saturated rings. The van der Waals surface area contributed by atoms with E-state index in [9.17, 15) is 5.11 Å². The third kappa shape index (κ3) is 3.67. The molecule has 1 saturated carbocycles. The first-order valence-electron chi connectivity index (χ1n) is 6.96. The quantitative estimate of drug-likeness (QED) is 0.744. The number of hydrogen-bond acceptors (Lipinski definition) is 3. The van der Waals surface area contributed by atoms with Gasteiger partial charge in [0.1, 0.15) is 0 Å². The molecule has 0 radical (unpaired) electrons. The summed E-state index contributed by atoms with van der Waals surface area (Å²) in [5.74, 6) is 0.712. The van der Waals surface area contributed by atoms with Crippen LogP contribution in [0.15, 0.2) is 0 Å². The number of likely N-dealkylation sites (N-methyl/N-ethyl adjacent to an activating group) is 1. The third-order valence-electron chi connectivity index (χ3n) is 4.44. The average molecular weight is 242 g/mol. The maximum atomic E-state index is 9.19. The molecule has 0 amide bonds. The Morgan fingerprint density at radius 2 is 2.12 bits per heavy atom. The fourth-order valence-corrected chi connectivity index (χ4v) is 3.07. The van der Waals surface area contributed by atoms with Crippen LogP contribution in [0.4, 0.5) is 0 Å². The highest BCUT2D eigenvalue weighted by atomic mass is 16.3. The Hall–Kier alpha value is -0.120. The molecule has 2 N–H and O–H groups in total. The van der Waals surface area contributed by atoms with Crippen molar-refractivity contribution < 1.29 is 5.11 Å². The Morgan fingerprint density at radius 1 is 1.47 bits per heavy atom. The van der Waals surface area contributed by atoms with Crippen molar-refractivity contribution in [2.24, 2.45) is 11.3 Å². The first kappa shape index (κ1) is 14.9. The summed E-state index contributed by atoms with van der Waals surface area (Å²) in [5, 5.41) is 12.9. The number of nitrogens with zero attached hydrogens (tertiary/aromatic N) is 1. The molecule has 3 unspecified atom stereocenters. The highest BCUT2D eigenvalue weighted by Crippen LogP contribution is 2.41. The van der Waals surface area contributed by atoms with Crippen molar-refractivity contribution in [2.45, 2.75) is 52.6 Å². The van der Waals surface area contributed by atoms with E-state index < -0.39 is 0 Å². The first-order valence-corrected chi connectivity index (χ1v) is 6.96. The van der Waals surface area contributed by atoms with Gasteiger partial charge < -0.3 is 15.3 Å². The van der Waals surface area contributed by atoms with Crippen molar-refractivity contribution in [3.8, 4) is 0 Å². The van der Waals surface area contributed by atoms with Crippen LogP contribution in [-0.4, -0.2) is 48.8 Å². The van der Waals surface area contributed by atoms with Crippen LogP contribution in [0.3, 0.4) is 0 Å². The van der Waals surface area contributed by atoms with Crippen LogP contribution in [0.2, 0.25) is 0 Å². The van der Waals surface area contributed by atoms with Crippen LogP contribution < -0.4 is 5.32 Å². The Bertz CT molecular complexity index is 230. The lowest BCUT2D eigenvalue weighted by atomic mass is 9.84. The Balaban J connectivity index is 2.58. The van der Waals surface area contributed by atoms with Gasteiger partial charge in [0.05, 0.1) is 6.61 Å². The van der Waals surface area contributed by atoms with Gasteiger partial charge in [0.25, 0.3) is 0 Å². The summed E-state index contributed by atoms with van der Waals surface area (Å²) < 4.78 is 0. The average Bonchev–Trinajstić information content (AvgIpc) is 2.55. The lowest BCUT2D eigenvalue weighted by Gasteiger charge is -2.34. The number of aliphatic hydroxyl groups excluding tert-OH is 1. The molecule has 3 nitrogen and oxygen atoms in total. The smallest absolute Gasteiger partial charge is 0.0584 e. The molecule has 0 aromatic heterocycles. The summed E-state index contributed by atoms with van der Waals surface area (Å²) in [6.07, 6.45) is 2.60. The van der Waals surface area contributed by atoms with Gasteiger partial charge in [-0.3, -0.25) is 0 Å². The van der Waals surface area contributed by atoms with E-state index in [1.807, 2.05) is 0 Å². The van der Waals surface area contributed by atoms with Gasteiger partial charge in [-0.05, 0) is 44.7 Å². The summed E-state index contributed by atoms with van der Waals surface area (Å²) in [7, 11) is 2.12. The first-order chi connectivity index (χ1) is 7.92. The summed E-state index contributed by atoms with van der Waals surface area (Å²) in [6.45, 7) is 11.4. The maximum Gasteiger partial charge on any atom is 0.0584 e. The number of aliphatic hydroxyl groups is 1. The summed E-state index contributed by atoms with van der Waals surface area (Å²) in [6, 6.07) is 0.877. The fourth-order valence-electron chi connectivity index (χ4n) is 3.07. The molecule has 0 bridgehead atoms. The molecular formula is C14H30N2O. The van der Waals surface area contributed by atoms with E-state index in [1.165, 1.54) is 12.8 Å². The molecule has 3 heteroatoms. The SMILES string of the molecule is CCNC1C(CN(C)C(C)CO)CCC1(C)C. The topological polar surface area (TPSA) is 35.5 Å². The van der Waals surface area contributed by atoms with E-state index in [1.54, 1.807) is 0 Å². The van der Waals surface area contributed by atoms with Gasteiger partial charge >= 0.3 is 0 Å². The van der Waals surface area contributed by atoms with E-state index in [0.717, 1.165) is 13.1 Å². The van der Waals surface area contributed by atoms with E-state index in [-0.39, 0.29) is 12.6 Å². The van der Waals surface area contributed by atoms with Gasteiger partial charge in [-0.15, -0.1) is 0 Å². The molecule has 0 aromatic rings. The van der Waals surface area contributed by atoms with E-state index in [4.69, 9.17) is 0 Å². The van der Waals surface area contributed by atoms with E-state index >= 15 is 0 Å². The van der Waals surface area contributed by atoms with Crippen molar-refractivity contribution in [3.63, 3.8) is 0 Å². The molecule has 0 heterocycles. The van der Waals surface area contributed by atoms with Crippen LogP contribution in [0.1, 0.15) is 40.5 Å². The van der Waals surface area contributed by atoms with Gasteiger partial charge in [-0.25, -0.2) is 0 Å². The zero-order valence-corrected chi connectivity index (χ0v) is 12.2. The van der Waals surface area contributed by atoms with Crippen LogP contribution >= 0.6 is 0 Å². The zero-order chi connectivity index (χ0) is 13.1. The Kier molecular flexibility index (Phi) is 5.42. The molecule has 3 atom stereocenters. The zero-order valence-electron chi connectivity index (χ0n) is 12.2. The van der Waals surface area contributed by atoms with Gasteiger partial charge in [-0.1, -0.05) is 20.8 Å². The molecular weight excluding hydrogens is 212 g/mol. The summed E-state index contributed by atoms with van der Waals surface area (Å²) in [4.78, 5) is 2.29. The molecule has 1 rings (SSSR count). The molecule has 0 spiro atoms. The lowest BCUT2D eigenvalue weighted by molar-refractivity contribution is 0.129. The number of rotatable bonds is 6. The van der Waals surface area contributed by atoms with Crippen LogP contribution in [0.25, 0.3) is 0 Å². The summed E-state index contributed by atoms with van der Waals surface area (Å²) in [5.41, 5.74) is 0.407. The molecule has 1 aliphatic carbocycles. The number of nitrogens with one attached hydrogen (secondary N) is 1. The Morgan fingerprint density at radius 3 is 2.65 bits per heavy atom. The second kappa shape index (κ2) is 6.17. The molecule has 0 aromatic carbocycles. The van der Waals surface area contributed by atoms with Gasteiger partial charge in [-0.2, -0.15) is 0 Å². The predicted octanol–water partition coefficient (Wildman–Crippen LogP) is 1.71. The second-order valence-corrected chi connectivity index (χ2v) is 6.29. The molecule has 17 heavy (non-hydrogen) atoms. The minimum Gasteiger partial charge on any atom is -0.395 e. The van der Waals surface area contributed by atoms with Crippen molar-refractivity contribution in [3.05, 3.63) is 0 Å². The van der Waals surface area contributed by atoms with Crippen LogP contribution in [0.5, 0.6) is 0 Å². The van der Waals surface area contributed by atoms with Crippen LogP contribution in [-0.2, 0) is 0 Å². The van der Waals surface area contributed by atoms with E-state index in [2.05, 4.69) is 45.0 Å². The van der Waals surface area contributed by atoms with Gasteiger partial charge in [0, 0.05) is 18.6 Å². The fraction of sp³-hybridized carbons (Fsp3) is 1.00. The van der Waals surface area contributed by atoms with Crippen molar-refractivity contribution in [1.29, 1.82) is 0 Å². The standard InChI is InChI=1S/C14H30N2O/c1-6-15-13-12(7-8-14(13,3)4)9-16(5)11(2)10-17/h11-13,15,17H,6-10H2,1-5H3. The predicted molar refractivity (Wildman–Crippen MR) is 73.1 cm³/mol. The normalized spacial score (nSPS) is 29.8. The van der Waals surface area contributed by atoms with Crippen LogP contribution in [0, 0.1) is 11.3 Å². The van der Waals surface area contributed by atoms with E-state index in [0.29, 0.717) is 17.4 Å². The molecule has 0 saturated heterocycles.